The molecule has 1 atom stereocenters. The van der Waals surface area contributed by atoms with Crippen LogP contribution in [-0.4, -0.2) is 14.7 Å². The highest BCUT2D eigenvalue weighted by Crippen LogP contribution is 2.30. The third-order valence-electron chi connectivity index (χ3n) is 3.66. The highest BCUT2D eigenvalue weighted by molar-refractivity contribution is 5.65. The van der Waals surface area contributed by atoms with Crippen LogP contribution in [0.5, 0.6) is 0 Å². The van der Waals surface area contributed by atoms with E-state index in [9.17, 15) is 10.1 Å². The monoisotopic (exact) mass is 288 g/mol. The van der Waals surface area contributed by atoms with Crippen molar-refractivity contribution in [2.45, 2.75) is 40.3 Å². The molecule has 2 rings (SSSR count). The van der Waals surface area contributed by atoms with Crippen LogP contribution in [-0.2, 0) is 6.54 Å². The second-order valence-electron chi connectivity index (χ2n) is 5.21. The molecule has 0 radical (unpaired) electrons. The van der Waals surface area contributed by atoms with Gasteiger partial charge in [0.2, 0.25) is 0 Å². The molecule has 0 fully saturated rings. The maximum atomic E-state index is 11.2. The highest BCUT2D eigenvalue weighted by Gasteiger charge is 2.18. The number of nitro groups is 1. The van der Waals surface area contributed by atoms with Gasteiger partial charge in [-0.1, -0.05) is 0 Å². The minimum atomic E-state index is -0.350. The molecule has 1 unspecified atom stereocenters. The molecule has 0 amide bonds. The highest BCUT2D eigenvalue weighted by atomic mass is 16.6. The number of nitrogens with one attached hydrogen (secondary N) is 1. The summed E-state index contributed by atoms with van der Waals surface area (Å²) in [6.07, 6.45) is 3.73. The zero-order chi connectivity index (χ0) is 15.6. The Morgan fingerprint density at radius 1 is 1.38 bits per heavy atom. The van der Waals surface area contributed by atoms with Gasteiger partial charge in [0.25, 0.3) is 5.69 Å². The molecule has 6 nitrogen and oxygen atoms in total. The van der Waals surface area contributed by atoms with E-state index < -0.39 is 0 Å². The second-order valence-corrected chi connectivity index (χ2v) is 5.21. The Bertz CT molecular complexity index is 664. The van der Waals surface area contributed by atoms with Gasteiger partial charge in [0.15, 0.2) is 0 Å². The molecule has 0 spiro atoms. The van der Waals surface area contributed by atoms with Crippen molar-refractivity contribution in [3.8, 4) is 0 Å². The fourth-order valence-corrected chi connectivity index (χ4v) is 2.16. The summed E-state index contributed by atoms with van der Waals surface area (Å²) in [5.74, 6) is 0. The summed E-state index contributed by atoms with van der Waals surface area (Å²) in [6.45, 7) is 8.61. The van der Waals surface area contributed by atoms with Crippen molar-refractivity contribution in [3.63, 3.8) is 0 Å². The Kier molecular flexibility index (Phi) is 4.26. The van der Waals surface area contributed by atoms with Gasteiger partial charge in [-0.2, -0.15) is 5.10 Å². The molecule has 0 saturated heterocycles. The van der Waals surface area contributed by atoms with Crippen molar-refractivity contribution in [2.24, 2.45) is 0 Å². The number of anilines is 1. The summed E-state index contributed by atoms with van der Waals surface area (Å²) in [5.41, 5.74) is 3.59. The lowest BCUT2D eigenvalue weighted by Crippen LogP contribution is -2.08. The molecular formula is C15H20N4O2. The van der Waals surface area contributed by atoms with Crippen molar-refractivity contribution < 1.29 is 4.92 Å². The van der Waals surface area contributed by atoms with Crippen LogP contribution < -0.4 is 5.32 Å². The summed E-state index contributed by atoms with van der Waals surface area (Å²) >= 11 is 0. The standard InChI is InChI=1S/C15H20N4O2/c1-5-18-9-13(8-16-18)12(4)17-14-6-10(2)11(3)7-15(14)19(20)21/h6-9,12,17H,5H2,1-4H3. The van der Waals surface area contributed by atoms with Gasteiger partial charge in [0.05, 0.1) is 17.2 Å². The van der Waals surface area contributed by atoms with E-state index in [1.54, 1.807) is 12.3 Å². The smallest absolute Gasteiger partial charge is 0.292 e. The zero-order valence-electron chi connectivity index (χ0n) is 12.8. The van der Waals surface area contributed by atoms with E-state index >= 15 is 0 Å². The largest absolute Gasteiger partial charge is 0.373 e. The molecule has 1 N–H and O–H groups in total. The van der Waals surface area contributed by atoms with E-state index in [0.29, 0.717) is 5.69 Å². The van der Waals surface area contributed by atoms with Crippen molar-refractivity contribution >= 4 is 11.4 Å². The fourth-order valence-electron chi connectivity index (χ4n) is 2.16. The van der Waals surface area contributed by atoms with Crippen molar-refractivity contribution in [1.82, 2.24) is 9.78 Å². The average Bonchev–Trinajstić information content (AvgIpc) is 2.91. The van der Waals surface area contributed by atoms with Gasteiger partial charge >= 0.3 is 0 Å². The number of nitrogens with zero attached hydrogens (tertiary/aromatic N) is 3. The Morgan fingerprint density at radius 3 is 2.62 bits per heavy atom. The molecule has 0 saturated carbocycles. The van der Waals surface area contributed by atoms with Gasteiger partial charge in [-0.15, -0.1) is 0 Å². The summed E-state index contributed by atoms with van der Waals surface area (Å²) in [5, 5.41) is 18.7. The number of aryl methyl sites for hydroxylation is 3. The van der Waals surface area contributed by atoms with Gasteiger partial charge in [-0.25, -0.2) is 0 Å². The van der Waals surface area contributed by atoms with Gasteiger partial charge in [0.1, 0.15) is 5.69 Å². The van der Waals surface area contributed by atoms with E-state index in [1.807, 2.05) is 44.6 Å². The molecule has 112 valence electrons. The summed E-state index contributed by atoms with van der Waals surface area (Å²) < 4.78 is 1.84. The van der Waals surface area contributed by atoms with Crippen LogP contribution in [0.2, 0.25) is 0 Å². The predicted molar refractivity (Wildman–Crippen MR) is 82.5 cm³/mol. The lowest BCUT2D eigenvalue weighted by Gasteiger charge is -2.15. The van der Waals surface area contributed by atoms with Crippen LogP contribution in [0.25, 0.3) is 0 Å². The molecule has 6 heteroatoms. The first-order chi connectivity index (χ1) is 9.92. The van der Waals surface area contributed by atoms with Crippen LogP contribution in [0, 0.1) is 24.0 Å². The molecule has 1 heterocycles. The normalized spacial score (nSPS) is 12.2. The SMILES string of the molecule is CCn1cc(C(C)Nc2cc(C)c(C)cc2[N+](=O)[O-])cn1. The van der Waals surface area contributed by atoms with Crippen LogP contribution in [0.3, 0.4) is 0 Å². The van der Waals surface area contributed by atoms with Crippen molar-refractivity contribution in [3.05, 3.63) is 51.3 Å². The predicted octanol–water partition coefficient (Wildman–Crippen LogP) is 3.60. The lowest BCUT2D eigenvalue weighted by molar-refractivity contribution is -0.384. The number of nitro benzene ring substituents is 1. The van der Waals surface area contributed by atoms with Gasteiger partial charge < -0.3 is 5.32 Å². The van der Waals surface area contributed by atoms with E-state index in [2.05, 4.69) is 10.4 Å². The first-order valence-electron chi connectivity index (χ1n) is 6.97. The summed E-state index contributed by atoms with van der Waals surface area (Å²) in [4.78, 5) is 10.9. The molecule has 1 aromatic carbocycles. The van der Waals surface area contributed by atoms with E-state index in [0.717, 1.165) is 23.2 Å². The number of hydrogen-bond donors (Lipinski definition) is 1. The number of hydrogen-bond acceptors (Lipinski definition) is 4. The van der Waals surface area contributed by atoms with Crippen LogP contribution in [0.1, 0.15) is 36.6 Å². The topological polar surface area (TPSA) is 73.0 Å². The average molecular weight is 288 g/mol. The molecule has 21 heavy (non-hydrogen) atoms. The van der Waals surface area contributed by atoms with E-state index in [-0.39, 0.29) is 16.7 Å². The maximum absolute atomic E-state index is 11.2. The fraction of sp³-hybridized carbons (Fsp3) is 0.400. The Balaban J connectivity index is 2.29. The molecular weight excluding hydrogens is 268 g/mol. The molecule has 0 aliphatic carbocycles. The Labute approximate surface area is 123 Å². The lowest BCUT2D eigenvalue weighted by atomic mass is 10.1. The Morgan fingerprint density at radius 2 is 2.05 bits per heavy atom. The van der Waals surface area contributed by atoms with E-state index in [4.69, 9.17) is 0 Å². The van der Waals surface area contributed by atoms with Crippen LogP contribution in [0.15, 0.2) is 24.5 Å². The minimum Gasteiger partial charge on any atom is -0.373 e. The summed E-state index contributed by atoms with van der Waals surface area (Å²) in [7, 11) is 0. The first kappa shape index (κ1) is 15.0. The first-order valence-corrected chi connectivity index (χ1v) is 6.97. The molecule has 0 bridgehead atoms. The van der Waals surface area contributed by atoms with Crippen molar-refractivity contribution in [1.29, 1.82) is 0 Å². The summed E-state index contributed by atoms with van der Waals surface area (Å²) in [6, 6.07) is 3.39. The molecule has 1 aromatic heterocycles. The number of rotatable bonds is 5. The quantitative estimate of drug-likeness (QED) is 0.674. The van der Waals surface area contributed by atoms with Crippen LogP contribution >= 0.6 is 0 Å². The minimum absolute atomic E-state index is 0.0499. The van der Waals surface area contributed by atoms with Gasteiger partial charge in [0, 0.05) is 24.4 Å². The third kappa shape index (κ3) is 3.21. The second kappa shape index (κ2) is 5.95. The van der Waals surface area contributed by atoms with Gasteiger partial charge in [-0.05, 0) is 44.9 Å². The van der Waals surface area contributed by atoms with Gasteiger partial charge in [-0.3, -0.25) is 14.8 Å². The zero-order valence-corrected chi connectivity index (χ0v) is 12.8. The third-order valence-corrected chi connectivity index (χ3v) is 3.66. The van der Waals surface area contributed by atoms with E-state index in [1.165, 1.54) is 0 Å². The maximum Gasteiger partial charge on any atom is 0.292 e. The van der Waals surface area contributed by atoms with Crippen molar-refractivity contribution in [2.75, 3.05) is 5.32 Å². The van der Waals surface area contributed by atoms with Crippen LogP contribution in [0.4, 0.5) is 11.4 Å². The molecule has 0 aliphatic heterocycles. The number of aromatic nitrogens is 2. The Hall–Kier alpha value is -2.37. The number of benzene rings is 1. The molecule has 2 aromatic rings. The molecule has 0 aliphatic rings.